The number of amides is 3. The first-order valence-corrected chi connectivity index (χ1v) is 6.47. The second kappa shape index (κ2) is 5.73. The highest BCUT2D eigenvalue weighted by molar-refractivity contribution is 6.06. The van der Waals surface area contributed by atoms with Gasteiger partial charge in [0.2, 0.25) is 11.8 Å². The van der Waals surface area contributed by atoms with Crippen LogP contribution in [-0.2, 0) is 14.4 Å². The normalized spacial score (nSPS) is 27.9. The Balaban J connectivity index is 2.25. The summed E-state index contributed by atoms with van der Waals surface area (Å²) in [7, 11) is 0. The van der Waals surface area contributed by atoms with Gasteiger partial charge in [-0.05, 0) is 31.2 Å². The van der Waals surface area contributed by atoms with E-state index < -0.39 is 11.9 Å². The third-order valence-corrected chi connectivity index (χ3v) is 3.42. The first kappa shape index (κ1) is 14.0. The number of piperidine rings is 1. The molecule has 2 heterocycles. The largest absolute Gasteiger partial charge is 0.404 e. The van der Waals surface area contributed by atoms with Crippen LogP contribution in [0.1, 0.15) is 19.8 Å². The van der Waals surface area contributed by atoms with Crippen LogP contribution in [0.15, 0.2) is 35.6 Å². The third-order valence-electron chi connectivity index (χ3n) is 3.42. The summed E-state index contributed by atoms with van der Waals surface area (Å²) in [4.78, 5) is 36.8. The molecule has 20 heavy (non-hydrogen) atoms. The Bertz CT molecular complexity index is 546. The highest BCUT2D eigenvalue weighted by Crippen LogP contribution is 2.27. The molecule has 0 aromatic carbocycles. The molecule has 2 fully saturated rings. The van der Waals surface area contributed by atoms with Crippen LogP contribution in [-0.4, -0.2) is 35.2 Å². The number of nitrogens with one attached hydrogen (secondary N) is 1. The molecular weight excluding hydrogens is 258 g/mol. The molecule has 2 aliphatic heterocycles. The highest BCUT2D eigenvalue weighted by Gasteiger charge is 2.40. The van der Waals surface area contributed by atoms with Gasteiger partial charge in [0.15, 0.2) is 0 Å². The number of hydrogen-bond donors (Lipinski definition) is 2. The Kier molecular flexibility index (Phi) is 4.02. The van der Waals surface area contributed by atoms with Crippen molar-refractivity contribution < 1.29 is 14.4 Å². The molecule has 6 heteroatoms. The van der Waals surface area contributed by atoms with Gasteiger partial charge in [-0.3, -0.25) is 19.7 Å². The highest BCUT2D eigenvalue weighted by atomic mass is 16.2. The summed E-state index contributed by atoms with van der Waals surface area (Å²) in [6.45, 7) is 2.14. The molecule has 106 valence electrons. The van der Waals surface area contributed by atoms with Crippen LogP contribution in [0.2, 0.25) is 0 Å². The predicted molar refractivity (Wildman–Crippen MR) is 73.1 cm³/mol. The van der Waals surface area contributed by atoms with Gasteiger partial charge in [0.25, 0.3) is 5.91 Å². The number of nitrogens with two attached hydrogens (primary N) is 1. The van der Waals surface area contributed by atoms with E-state index in [0.717, 1.165) is 0 Å². The van der Waals surface area contributed by atoms with Crippen LogP contribution >= 0.6 is 0 Å². The fraction of sp³-hybridized carbons (Fsp3) is 0.357. The van der Waals surface area contributed by atoms with Gasteiger partial charge in [-0.25, -0.2) is 0 Å². The Morgan fingerprint density at radius 1 is 1.35 bits per heavy atom. The zero-order chi connectivity index (χ0) is 14.7. The minimum atomic E-state index is -0.605. The monoisotopic (exact) mass is 275 g/mol. The van der Waals surface area contributed by atoms with Crippen LogP contribution in [0.3, 0.4) is 0 Å². The van der Waals surface area contributed by atoms with Crippen molar-refractivity contribution in [3.8, 4) is 0 Å². The molecule has 0 aromatic rings. The van der Waals surface area contributed by atoms with E-state index in [1.807, 2.05) is 13.0 Å². The van der Waals surface area contributed by atoms with Crippen molar-refractivity contribution in [2.45, 2.75) is 25.8 Å². The molecule has 0 saturated carbocycles. The van der Waals surface area contributed by atoms with Gasteiger partial charge >= 0.3 is 0 Å². The smallest absolute Gasteiger partial charge is 0.255 e. The number of nitrogens with zero attached hydrogens (tertiary/aromatic N) is 1. The van der Waals surface area contributed by atoms with Crippen molar-refractivity contribution >= 4 is 17.7 Å². The van der Waals surface area contributed by atoms with Crippen LogP contribution in [0.4, 0.5) is 0 Å². The van der Waals surface area contributed by atoms with Gasteiger partial charge in [0.05, 0.1) is 0 Å². The van der Waals surface area contributed by atoms with E-state index in [2.05, 4.69) is 5.32 Å². The van der Waals surface area contributed by atoms with E-state index in [0.29, 0.717) is 24.1 Å². The Morgan fingerprint density at radius 3 is 2.70 bits per heavy atom. The second-order valence-electron chi connectivity index (χ2n) is 4.70. The number of rotatable bonds is 2. The lowest BCUT2D eigenvalue weighted by molar-refractivity contribution is -0.142. The van der Waals surface area contributed by atoms with Gasteiger partial charge in [-0.2, -0.15) is 0 Å². The molecule has 1 unspecified atom stereocenters. The first-order chi connectivity index (χ1) is 9.58. The summed E-state index contributed by atoms with van der Waals surface area (Å²) in [6.07, 6.45) is 7.24. The quantitative estimate of drug-likeness (QED) is 0.547. The summed E-state index contributed by atoms with van der Waals surface area (Å²) in [6, 6.07) is -0.605. The van der Waals surface area contributed by atoms with Crippen molar-refractivity contribution in [2.24, 2.45) is 5.73 Å². The molecule has 2 saturated heterocycles. The van der Waals surface area contributed by atoms with Gasteiger partial charge in [0, 0.05) is 18.5 Å². The van der Waals surface area contributed by atoms with E-state index in [-0.39, 0.29) is 18.2 Å². The summed E-state index contributed by atoms with van der Waals surface area (Å²) in [5.74, 6) is -0.940. The maximum Gasteiger partial charge on any atom is 0.255 e. The zero-order valence-electron chi connectivity index (χ0n) is 11.3. The predicted octanol–water partition coefficient (Wildman–Crippen LogP) is -0.0211. The number of carbonyl (C=O) groups excluding carboxylic acids is 3. The van der Waals surface area contributed by atoms with Crippen molar-refractivity contribution in [1.29, 1.82) is 0 Å². The second-order valence-corrected chi connectivity index (χ2v) is 4.70. The molecule has 0 aliphatic carbocycles. The number of imide groups is 1. The molecule has 0 bridgehead atoms. The molecule has 2 aliphatic rings. The SMILES string of the molecule is C\C=C/C=C1/C(=O)N(C2CCC(=O)NC2=O)C/C1=C\N. The van der Waals surface area contributed by atoms with Gasteiger partial charge in [0.1, 0.15) is 6.04 Å². The summed E-state index contributed by atoms with van der Waals surface area (Å²) in [5.41, 5.74) is 6.73. The summed E-state index contributed by atoms with van der Waals surface area (Å²) in [5, 5.41) is 2.26. The van der Waals surface area contributed by atoms with E-state index in [1.54, 1.807) is 12.2 Å². The maximum absolute atomic E-state index is 12.4. The fourth-order valence-corrected chi connectivity index (χ4v) is 2.38. The van der Waals surface area contributed by atoms with E-state index >= 15 is 0 Å². The average molecular weight is 275 g/mol. The number of carbonyl (C=O) groups is 3. The topological polar surface area (TPSA) is 92.5 Å². The molecule has 0 radical (unpaired) electrons. The molecule has 0 aromatic heterocycles. The zero-order valence-corrected chi connectivity index (χ0v) is 11.3. The molecule has 3 N–H and O–H groups in total. The van der Waals surface area contributed by atoms with Crippen molar-refractivity contribution in [1.82, 2.24) is 10.2 Å². The number of likely N-dealkylation sites (tertiary alicyclic amines) is 1. The molecule has 3 amide bonds. The minimum Gasteiger partial charge on any atom is -0.404 e. The standard InChI is InChI=1S/C14H17N3O3/c1-2-3-4-10-9(7-15)8-17(14(10)20)11-5-6-12(18)16-13(11)19/h2-4,7,11H,5-6,8,15H2,1H3,(H,16,18,19)/b3-2-,9-7+,10-4+. The molecule has 0 spiro atoms. The van der Waals surface area contributed by atoms with Gasteiger partial charge < -0.3 is 10.6 Å². The molecule has 2 rings (SSSR count). The lowest BCUT2D eigenvalue weighted by Crippen LogP contribution is -2.52. The molecular formula is C14H17N3O3. The minimum absolute atomic E-state index is 0.228. The van der Waals surface area contributed by atoms with E-state index in [4.69, 9.17) is 5.73 Å². The lowest BCUT2D eigenvalue weighted by Gasteiger charge is -2.28. The molecule has 1 atom stereocenters. The Morgan fingerprint density at radius 2 is 2.10 bits per heavy atom. The maximum atomic E-state index is 12.4. The van der Waals surface area contributed by atoms with Gasteiger partial charge in [-0.15, -0.1) is 0 Å². The van der Waals surface area contributed by atoms with Crippen LogP contribution in [0, 0.1) is 0 Å². The van der Waals surface area contributed by atoms with Crippen molar-refractivity contribution in [2.75, 3.05) is 6.54 Å². The molecule has 6 nitrogen and oxygen atoms in total. The Hall–Kier alpha value is -2.37. The van der Waals surface area contributed by atoms with E-state index in [9.17, 15) is 14.4 Å². The lowest BCUT2D eigenvalue weighted by atomic mass is 10.0. The van der Waals surface area contributed by atoms with Crippen molar-refractivity contribution in [3.63, 3.8) is 0 Å². The Labute approximate surface area is 117 Å². The fourth-order valence-electron chi connectivity index (χ4n) is 2.38. The average Bonchev–Trinajstić information content (AvgIpc) is 2.73. The number of allylic oxidation sites excluding steroid dienone is 3. The van der Waals surface area contributed by atoms with E-state index in [1.165, 1.54) is 11.1 Å². The summed E-state index contributed by atoms with van der Waals surface area (Å²) < 4.78 is 0. The van der Waals surface area contributed by atoms with Crippen LogP contribution in [0.25, 0.3) is 0 Å². The van der Waals surface area contributed by atoms with Crippen LogP contribution in [0.5, 0.6) is 0 Å². The van der Waals surface area contributed by atoms with Crippen LogP contribution < -0.4 is 11.1 Å². The summed E-state index contributed by atoms with van der Waals surface area (Å²) >= 11 is 0. The van der Waals surface area contributed by atoms with Gasteiger partial charge in [-0.1, -0.05) is 12.2 Å². The van der Waals surface area contributed by atoms with Crippen molar-refractivity contribution in [3.05, 3.63) is 35.6 Å². The third kappa shape index (κ3) is 2.49. The number of hydrogen-bond acceptors (Lipinski definition) is 4. The first-order valence-electron chi connectivity index (χ1n) is 6.47.